The number of rotatable bonds is 3. The Kier molecular flexibility index (Phi) is 3.38. The lowest BCUT2D eigenvalue weighted by molar-refractivity contribution is 0.0242. The Bertz CT molecular complexity index is 559. The molecule has 5 nitrogen and oxygen atoms in total. The number of pyridine rings is 1. The standard InChI is InChI=1S/C14H19N3O2/c1-10(2)17-9-16-12-3-6-15-14(13(12)17)19-11-4-7-18-8-5-11/h3,6,9-11H,4-5,7-8H2,1-2H3. The molecular formula is C14H19N3O2. The van der Waals surface area contributed by atoms with Gasteiger partial charge in [0.25, 0.3) is 0 Å². The van der Waals surface area contributed by atoms with Crippen molar-refractivity contribution >= 4 is 11.0 Å². The van der Waals surface area contributed by atoms with E-state index >= 15 is 0 Å². The Morgan fingerprint density at radius 2 is 2.11 bits per heavy atom. The van der Waals surface area contributed by atoms with Gasteiger partial charge in [0.15, 0.2) is 0 Å². The van der Waals surface area contributed by atoms with E-state index in [1.165, 1.54) is 0 Å². The molecule has 102 valence electrons. The first-order valence-electron chi connectivity index (χ1n) is 6.81. The first kappa shape index (κ1) is 12.4. The molecule has 5 heteroatoms. The number of hydrogen-bond donors (Lipinski definition) is 0. The molecule has 2 aromatic heterocycles. The molecule has 0 amide bonds. The van der Waals surface area contributed by atoms with Crippen LogP contribution in [0.2, 0.25) is 0 Å². The fourth-order valence-corrected chi connectivity index (χ4v) is 2.38. The van der Waals surface area contributed by atoms with Crippen LogP contribution in [0.15, 0.2) is 18.6 Å². The molecule has 0 saturated carbocycles. The molecule has 0 N–H and O–H groups in total. The van der Waals surface area contributed by atoms with Gasteiger partial charge in [0.2, 0.25) is 5.88 Å². The molecule has 1 aliphatic heterocycles. The lowest BCUT2D eigenvalue weighted by Gasteiger charge is -2.23. The summed E-state index contributed by atoms with van der Waals surface area (Å²) in [6.07, 6.45) is 5.66. The molecule has 0 unspecified atom stereocenters. The highest BCUT2D eigenvalue weighted by atomic mass is 16.5. The molecule has 0 aliphatic carbocycles. The topological polar surface area (TPSA) is 49.2 Å². The maximum Gasteiger partial charge on any atom is 0.240 e. The van der Waals surface area contributed by atoms with Crippen LogP contribution in [0, 0.1) is 0 Å². The molecule has 19 heavy (non-hydrogen) atoms. The first-order valence-corrected chi connectivity index (χ1v) is 6.81. The molecular weight excluding hydrogens is 242 g/mol. The number of aromatic nitrogens is 3. The van der Waals surface area contributed by atoms with Crippen LogP contribution in [0.25, 0.3) is 11.0 Å². The van der Waals surface area contributed by atoms with Crippen molar-refractivity contribution in [1.82, 2.24) is 14.5 Å². The largest absolute Gasteiger partial charge is 0.473 e. The zero-order valence-corrected chi connectivity index (χ0v) is 11.4. The van der Waals surface area contributed by atoms with Gasteiger partial charge in [0.05, 0.1) is 25.1 Å². The van der Waals surface area contributed by atoms with Crippen molar-refractivity contribution in [1.29, 1.82) is 0 Å². The van der Waals surface area contributed by atoms with Gasteiger partial charge < -0.3 is 14.0 Å². The van der Waals surface area contributed by atoms with Crippen LogP contribution in [-0.2, 0) is 4.74 Å². The van der Waals surface area contributed by atoms with Gasteiger partial charge in [-0.15, -0.1) is 0 Å². The summed E-state index contributed by atoms with van der Waals surface area (Å²) in [6.45, 7) is 5.80. The lowest BCUT2D eigenvalue weighted by atomic mass is 10.1. The van der Waals surface area contributed by atoms with E-state index in [9.17, 15) is 0 Å². The normalized spacial score (nSPS) is 17.2. The molecule has 0 atom stereocenters. The summed E-state index contributed by atoms with van der Waals surface area (Å²) in [6, 6.07) is 2.26. The minimum atomic E-state index is 0.197. The Hall–Kier alpha value is -1.62. The van der Waals surface area contributed by atoms with Gasteiger partial charge in [0.1, 0.15) is 11.6 Å². The Labute approximate surface area is 112 Å². The highest BCUT2D eigenvalue weighted by Crippen LogP contribution is 2.27. The molecule has 1 fully saturated rings. The van der Waals surface area contributed by atoms with Gasteiger partial charge >= 0.3 is 0 Å². The second-order valence-electron chi connectivity index (χ2n) is 5.16. The highest BCUT2D eigenvalue weighted by Gasteiger charge is 2.19. The van der Waals surface area contributed by atoms with Gasteiger partial charge in [-0.25, -0.2) is 9.97 Å². The van der Waals surface area contributed by atoms with E-state index < -0.39 is 0 Å². The number of hydrogen-bond acceptors (Lipinski definition) is 4. The smallest absolute Gasteiger partial charge is 0.240 e. The molecule has 1 saturated heterocycles. The minimum absolute atomic E-state index is 0.197. The summed E-state index contributed by atoms with van der Waals surface area (Å²) in [4.78, 5) is 8.80. The Balaban J connectivity index is 1.95. The van der Waals surface area contributed by atoms with Crippen LogP contribution < -0.4 is 4.74 Å². The van der Waals surface area contributed by atoms with Gasteiger partial charge in [-0.2, -0.15) is 0 Å². The Morgan fingerprint density at radius 3 is 2.84 bits per heavy atom. The monoisotopic (exact) mass is 261 g/mol. The maximum absolute atomic E-state index is 6.07. The second kappa shape index (κ2) is 5.17. The van der Waals surface area contributed by atoms with E-state index in [-0.39, 0.29) is 6.10 Å². The van der Waals surface area contributed by atoms with Gasteiger partial charge in [-0.3, -0.25) is 0 Å². The van der Waals surface area contributed by atoms with Crippen molar-refractivity contribution in [3.8, 4) is 5.88 Å². The van der Waals surface area contributed by atoms with Crippen LogP contribution in [-0.4, -0.2) is 33.9 Å². The van der Waals surface area contributed by atoms with E-state index in [0.29, 0.717) is 11.9 Å². The fraction of sp³-hybridized carbons (Fsp3) is 0.571. The molecule has 0 bridgehead atoms. The van der Waals surface area contributed by atoms with Crippen LogP contribution >= 0.6 is 0 Å². The quantitative estimate of drug-likeness (QED) is 0.852. The third-order valence-corrected chi connectivity index (χ3v) is 3.45. The van der Waals surface area contributed by atoms with Crippen LogP contribution in [0.3, 0.4) is 0 Å². The lowest BCUT2D eigenvalue weighted by Crippen LogP contribution is -2.26. The van der Waals surface area contributed by atoms with E-state index in [4.69, 9.17) is 9.47 Å². The molecule has 0 spiro atoms. The average molecular weight is 261 g/mol. The number of ether oxygens (including phenoxy) is 2. The third-order valence-electron chi connectivity index (χ3n) is 3.45. The third kappa shape index (κ3) is 2.42. The second-order valence-corrected chi connectivity index (χ2v) is 5.16. The fourth-order valence-electron chi connectivity index (χ4n) is 2.38. The van der Waals surface area contributed by atoms with Crippen molar-refractivity contribution in [2.75, 3.05) is 13.2 Å². The van der Waals surface area contributed by atoms with E-state index in [1.807, 2.05) is 12.4 Å². The Morgan fingerprint density at radius 1 is 1.32 bits per heavy atom. The van der Waals surface area contributed by atoms with Crippen LogP contribution in [0.1, 0.15) is 32.7 Å². The number of nitrogens with zero attached hydrogens (tertiary/aromatic N) is 3. The summed E-state index contributed by atoms with van der Waals surface area (Å²) in [5, 5.41) is 0. The zero-order valence-electron chi connectivity index (χ0n) is 11.4. The molecule has 3 heterocycles. The molecule has 0 aromatic carbocycles. The summed E-state index contributed by atoms with van der Waals surface area (Å²) in [7, 11) is 0. The van der Waals surface area contributed by atoms with Crippen molar-refractivity contribution in [3.63, 3.8) is 0 Å². The summed E-state index contributed by atoms with van der Waals surface area (Å²) in [5.74, 6) is 0.690. The van der Waals surface area contributed by atoms with Crippen molar-refractivity contribution in [2.24, 2.45) is 0 Å². The van der Waals surface area contributed by atoms with Crippen molar-refractivity contribution < 1.29 is 9.47 Å². The van der Waals surface area contributed by atoms with Crippen LogP contribution in [0.5, 0.6) is 5.88 Å². The van der Waals surface area contributed by atoms with Crippen molar-refractivity contribution in [3.05, 3.63) is 18.6 Å². The number of imidazole rings is 1. The van der Waals surface area contributed by atoms with Crippen LogP contribution in [0.4, 0.5) is 0 Å². The highest BCUT2D eigenvalue weighted by molar-refractivity contribution is 5.80. The molecule has 0 radical (unpaired) electrons. The van der Waals surface area contributed by atoms with E-state index in [0.717, 1.165) is 37.1 Å². The summed E-state index contributed by atoms with van der Waals surface area (Å²) >= 11 is 0. The number of fused-ring (bicyclic) bond motifs is 1. The van der Waals surface area contributed by atoms with Gasteiger partial charge in [-0.05, 0) is 19.9 Å². The molecule has 2 aromatic rings. The van der Waals surface area contributed by atoms with E-state index in [1.54, 1.807) is 6.20 Å². The molecule has 3 rings (SSSR count). The first-order chi connectivity index (χ1) is 9.25. The predicted octanol–water partition coefficient (Wildman–Crippen LogP) is 2.57. The zero-order chi connectivity index (χ0) is 13.2. The average Bonchev–Trinajstić information content (AvgIpc) is 2.85. The predicted molar refractivity (Wildman–Crippen MR) is 72.4 cm³/mol. The van der Waals surface area contributed by atoms with Gasteiger partial charge in [0, 0.05) is 25.1 Å². The maximum atomic E-state index is 6.07. The van der Waals surface area contributed by atoms with Gasteiger partial charge in [-0.1, -0.05) is 0 Å². The minimum Gasteiger partial charge on any atom is -0.473 e. The SMILES string of the molecule is CC(C)n1cnc2ccnc(OC3CCOCC3)c21. The summed E-state index contributed by atoms with van der Waals surface area (Å²) in [5.41, 5.74) is 1.93. The summed E-state index contributed by atoms with van der Waals surface area (Å²) < 4.78 is 13.5. The van der Waals surface area contributed by atoms with Crippen molar-refractivity contribution in [2.45, 2.75) is 38.8 Å². The molecule has 1 aliphatic rings. The van der Waals surface area contributed by atoms with E-state index in [2.05, 4.69) is 28.4 Å².